The zero-order valence-corrected chi connectivity index (χ0v) is 16.4. The molecule has 0 amide bonds. The van der Waals surface area contributed by atoms with Gasteiger partial charge in [0.25, 0.3) is 0 Å². The van der Waals surface area contributed by atoms with Gasteiger partial charge in [0.2, 0.25) is 0 Å². The van der Waals surface area contributed by atoms with Crippen LogP contribution >= 0.6 is 0 Å². The second-order valence-electron chi connectivity index (χ2n) is 6.00. The van der Waals surface area contributed by atoms with Crippen LogP contribution in [0.25, 0.3) is 0 Å². The van der Waals surface area contributed by atoms with Gasteiger partial charge in [-0.1, -0.05) is 49.1 Å². The fourth-order valence-electron chi connectivity index (χ4n) is 2.23. The van der Waals surface area contributed by atoms with Crippen molar-refractivity contribution in [1.29, 1.82) is 0 Å². The van der Waals surface area contributed by atoms with Gasteiger partial charge in [0.15, 0.2) is 0 Å². The summed E-state index contributed by atoms with van der Waals surface area (Å²) in [6.07, 6.45) is -11.2. The van der Waals surface area contributed by atoms with Crippen molar-refractivity contribution in [1.82, 2.24) is 5.32 Å². The van der Waals surface area contributed by atoms with E-state index in [0.29, 0.717) is 19.3 Å². The largest absolute Gasteiger partial charge is 0.508 e. The van der Waals surface area contributed by atoms with Gasteiger partial charge in [0, 0.05) is 36.2 Å². The molecule has 2 aromatic rings. The molecule has 4 N–H and O–H groups in total. The number of hydrogen-bond acceptors (Lipinski definition) is 5. The molecule has 0 saturated carbocycles. The first-order valence-electron chi connectivity index (χ1n) is 17.9. The van der Waals surface area contributed by atoms with Crippen molar-refractivity contribution < 1.29 is 43.4 Å². The molecule has 2 aromatic carbocycles. The first-order chi connectivity index (χ1) is 21.2. The second kappa shape index (κ2) is 15.0. The molecule has 0 aliphatic carbocycles. The molecule has 1 unspecified atom stereocenters. The molecule has 0 spiro atoms. The molecule has 0 radical (unpaired) electrons. The van der Waals surface area contributed by atoms with Crippen molar-refractivity contribution in [2.24, 2.45) is 0 Å². The van der Waals surface area contributed by atoms with Gasteiger partial charge in [-0.2, -0.15) is 0 Å². The van der Waals surface area contributed by atoms with E-state index in [-0.39, 0.29) is 25.6 Å². The van der Waals surface area contributed by atoms with Crippen molar-refractivity contribution in [3.05, 3.63) is 65.1 Å². The van der Waals surface area contributed by atoms with Crippen molar-refractivity contribution in [2.75, 3.05) is 26.3 Å². The summed E-state index contributed by atoms with van der Waals surface area (Å²) in [4.78, 5) is 0. The number of nitrogens with one attached hydrogen (secondary N) is 1. The Morgan fingerprint density at radius 1 is 1.07 bits per heavy atom. The maximum atomic E-state index is 10.8. The van der Waals surface area contributed by atoms with Crippen LogP contribution in [0.3, 0.4) is 0 Å². The first kappa shape index (κ1) is 9.70. The summed E-state index contributed by atoms with van der Waals surface area (Å²) in [6.45, 7) is -7.53. The Morgan fingerprint density at radius 2 is 1.87 bits per heavy atom. The maximum absolute atomic E-state index is 10.8. The minimum atomic E-state index is -3.44. The Bertz CT molecular complexity index is 1410. The van der Waals surface area contributed by atoms with Gasteiger partial charge in [0.1, 0.15) is 5.75 Å². The Labute approximate surface area is 204 Å². The SMILES string of the molecule is [2H]c1cc([2H])c(C([2H])([2H])C([2H])([2H])C([2H])([2H])COCCCCCCNC([2H])([2H])C([2H])(O)c2c([2H])c([2H])c(O)c(C([2H])([2H])O)c2[2H])c([2H])c1. The highest BCUT2D eigenvalue weighted by molar-refractivity contribution is 5.36. The molecule has 166 valence electrons. The van der Waals surface area contributed by atoms with Crippen LogP contribution < -0.4 is 5.32 Å². The van der Waals surface area contributed by atoms with Crippen LogP contribution in [-0.4, -0.2) is 41.6 Å². The number of unbranched alkanes of at least 4 members (excludes halogenated alkanes) is 3. The fourth-order valence-corrected chi connectivity index (χ4v) is 2.23. The smallest absolute Gasteiger partial charge is 0.121 e. The van der Waals surface area contributed by atoms with E-state index >= 15 is 0 Å². The summed E-state index contributed by atoms with van der Waals surface area (Å²) < 4.78 is 141. The van der Waals surface area contributed by atoms with E-state index in [0.717, 1.165) is 12.1 Å². The first-order valence-corrected chi connectivity index (χ1v) is 9.36. The van der Waals surface area contributed by atoms with Crippen LogP contribution in [0, 0.1) is 0 Å². The van der Waals surface area contributed by atoms with Gasteiger partial charge >= 0.3 is 0 Å². The van der Waals surface area contributed by atoms with E-state index in [1.54, 1.807) is 0 Å². The second-order valence-corrected chi connectivity index (χ2v) is 6.00. The summed E-state index contributed by atoms with van der Waals surface area (Å²) in [6, 6.07) is -3.04. The topological polar surface area (TPSA) is 82.0 Å². The third-order valence-corrected chi connectivity index (χ3v) is 3.74. The average Bonchev–Trinajstić information content (AvgIpc) is 2.88. The van der Waals surface area contributed by atoms with Crippen LogP contribution in [0.2, 0.25) is 0 Å². The molecule has 2 rings (SSSR count). The van der Waals surface area contributed by atoms with Gasteiger partial charge < -0.3 is 25.4 Å². The predicted molar refractivity (Wildman–Crippen MR) is 121 cm³/mol. The maximum Gasteiger partial charge on any atom is 0.121 e. The van der Waals surface area contributed by atoms with Crippen molar-refractivity contribution in [3.63, 3.8) is 0 Å². The predicted octanol–water partition coefficient (Wildman–Crippen LogP) is 4.11. The van der Waals surface area contributed by atoms with E-state index in [1.165, 1.54) is 0 Å². The number of phenols is 1. The Balaban J connectivity index is 1.93. The summed E-state index contributed by atoms with van der Waals surface area (Å²) in [5.74, 6) is -1.26. The van der Waals surface area contributed by atoms with E-state index in [2.05, 4.69) is 5.32 Å². The van der Waals surface area contributed by atoms with Crippen molar-refractivity contribution in [2.45, 2.75) is 57.4 Å². The van der Waals surface area contributed by atoms with Crippen molar-refractivity contribution in [3.8, 4) is 5.75 Å². The standard InChI is InChI=1S/C25H37NO4/c27-20-23-18-22(13-14-24(23)28)25(29)19-26-15-7-1-2-8-16-30-17-9-6-12-21-10-4-3-5-11-21/h3-5,10-11,13-14,18,25-29H,1-2,6-9,12,15-17,19-20H2/i3D,6D2,9D2,10D,11D,12D2,13D,14D,18D,19D2,20D2,25D. The fraction of sp³-hybridized carbons (Fsp3) is 0.520. The third-order valence-electron chi connectivity index (χ3n) is 3.74. The summed E-state index contributed by atoms with van der Waals surface area (Å²) in [5.41, 5.74) is -3.04. The lowest BCUT2D eigenvalue weighted by Crippen LogP contribution is -2.22. The highest BCUT2D eigenvalue weighted by Gasteiger charge is 2.09. The quantitative estimate of drug-likeness (QED) is 0.300. The van der Waals surface area contributed by atoms with Gasteiger partial charge in [-0.3, -0.25) is 0 Å². The van der Waals surface area contributed by atoms with Gasteiger partial charge in [0.05, 0.1) is 25.0 Å². The zero-order chi connectivity index (χ0) is 36.6. The molecule has 5 nitrogen and oxygen atoms in total. The van der Waals surface area contributed by atoms with E-state index < -0.39 is 97.5 Å². The highest BCUT2D eigenvalue weighted by atomic mass is 16.5. The van der Waals surface area contributed by atoms with Gasteiger partial charge in [-0.25, -0.2) is 0 Å². The van der Waals surface area contributed by atoms with E-state index in [4.69, 9.17) is 28.0 Å². The van der Waals surface area contributed by atoms with E-state index in [1.807, 2.05) is 0 Å². The molecular weight excluding hydrogens is 378 g/mol. The van der Waals surface area contributed by atoms with Gasteiger partial charge in [-0.05, 0) is 61.7 Å². The lowest BCUT2D eigenvalue weighted by molar-refractivity contribution is 0.126. The number of aromatic hydroxyl groups is 1. The number of hydrogen-bond donors (Lipinski definition) is 4. The number of rotatable bonds is 16. The molecular formula is C25H37NO4. The molecule has 0 aliphatic rings. The average molecular weight is 433 g/mol. The highest BCUT2D eigenvalue weighted by Crippen LogP contribution is 2.22. The summed E-state index contributed by atoms with van der Waals surface area (Å²) in [7, 11) is 0. The Hall–Kier alpha value is -1.92. The van der Waals surface area contributed by atoms with Crippen LogP contribution in [0.15, 0.2) is 48.4 Å². The molecule has 5 heteroatoms. The summed E-state index contributed by atoms with van der Waals surface area (Å²) in [5, 5.41) is 32.7. The van der Waals surface area contributed by atoms with Crippen LogP contribution in [0.1, 0.15) is 84.5 Å². The molecule has 0 heterocycles. The van der Waals surface area contributed by atoms with Crippen LogP contribution in [-0.2, 0) is 17.7 Å². The third kappa shape index (κ3) is 9.72. The zero-order valence-electron chi connectivity index (χ0n) is 33.4. The molecule has 0 saturated heterocycles. The normalized spacial score (nSPS) is 23.9. The summed E-state index contributed by atoms with van der Waals surface area (Å²) >= 11 is 0. The van der Waals surface area contributed by atoms with Gasteiger partial charge in [-0.15, -0.1) is 0 Å². The van der Waals surface area contributed by atoms with E-state index in [9.17, 15) is 15.3 Å². The molecule has 0 bridgehead atoms. The lowest BCUT2D eigenvalue weighted by atomic mass is 10.1. The molecule has 0 aliphatic heterocycles. The number of ether oxygens (including phenoxy) is 1. The monoisotopic (exact) mass is 432 g/mol. The lowest BCUT2D eigenvalue weighted by Gasteiger charge is -2.14. The Kier molecular flexibility index (Phi) is 4.84. The number of aliphatic hydroxyl groups is 2. The van der Waals surface area contributed by atoms with Crippen molar-refractivity contribution >= 4 is 0 Å². The Morgan fingerprint density at radius 3 is 2.67 bits per heavy atom. The van der Waals surface area contributed by atoms with Crippen LogP contribution in [0.4, 0.5) is 0 Å². The molecule has 0 aromatic heterocycles. The molecule has 0 fully saturated rings. The minimum absolute atomic E-state index is 0.0597. The van der Waals surface area contributed by atoms with Crippen LogP contribution in [0.5, 0.6) is 5.75 Å². The molecule has 1 atom stereocenters. The minimum Gasteiger partial charge on any atom is -0.508 e. The number of benzene rings is 2. The molecule has 30 heavy (non-hydrogen) atoms.